The molecule has 6 heteroatoms. The SMILES string of the molecule is CCNc1nc(Sc2cnc3ccccc3n2)nc2ccccc12. The van der Waals surface area contributed by atoms with Crippen LogP contribution in [0.4, 0.5) is 5.82 Å². The third-order valence-electron chi connectivity index (χ3n) is 3.55. The summed E-state index contributed by atoms with van der Waals surface area (Å²) in [5.74, 6) is 0.847. The number of nitrogens with one attached hydrogen (secondary N) is 1. The zero-order valence-corrected chi connectivity index (χ0v) is 13.9. The van der Waals surface area contributed by atoms with Crippen LogP contribution in [0.15, 0.2) is 64.9 Å². The lowest BCUT2D eigenvalue weighted by Gasteiger charge is -2.09. The van der Waals surface area contributed by atoms with E-state index in [1.165, 1.54) is 11.8 Å². The third kappa shape index (κ3) is 2.88. The van der Waals surface area contributed by atoms with Gasteiger partial charge in [0.05, 0.1) is 22.7 Å². The van der Waals surface area contributed by atoms with Gasteiger partial charge >= 0.3 is 0 Å². The minimum Gasteiger partial charge on any atom is -0.370 e. The Hall–Kier alpha value is -2.73. The number of fused-ring (bicyclic) bond motifs is 2. The van der Waals surface area contributed by atoms with Gasteiger partial charge in [0.15, 0.2) is 5.16 Å². The molecule has 0 aliphatic heterocycles. The molecule has 0 bridgehead atoms. The van der Waals surface area contributed by atoms with Crippen molar-refractivity contribution in [2.75, 3.05) is 11.9 Å². The summed E-state index contributed by atoms with van der Waals surface area (Å²) in [6.45, 7) is 2.86. The molecule has 1 N–H and O–H groups in total. The predicted octanol–water partition coefficient (Wildman–Crippen LogP) is 4.16. The molecule has 0 fully saturated rings. The maximum absolute atomic E-state index is 4.64. The average molecular weight is 333 g/mol. The number of hydrogen-bond acceptors (Lipinski definition) is 6. The minimum absolute atomic E-state index is 0.661. The van der Waals surface area contributed by atoms with Gasteiger partial charge in [-0.1, -0.05) is 24.3 Å². The quantitative estimate of drug-likeness (QED) is 0.566. The maximum Gasteiger partial charge on any atom is 0.196 e. The highest BCUT2D eigenvalue weighted by molar-refractivity contribution is 7.99. The number of hydrogen-bond donors (Lipinski definition) is 1. The van der Waals surface area contributed by atoms with Crippen molar-refractivity contribution in [1.82, 2.24) is 19.9 Å². The highest BCUT2D eigenvalue weighted by Crippen LogP contribution is 2.28. The average Bonchev–Trinajstić information content (AvgIpc) is 2.62. The lowest BCUT2D eigenvalue weighted by Crippen LogP contribution is -2.02. The standard InChI is InChI=1S/C18H15N5S/c1-2-19-17-12-7-3-4-8-13(12)22-18(23-17)24-16-11-20-14-9-5-6-10-15(14)21-16/h3-11H,2H2,1H3,(H,19,22,23). The van der Waals surface area contributed by atoms with Gasteiger partial charge in [-0.15, -0.1) is 0 Å². The Morgan fingerprint density at radius 3 is 2.46 bits per heavy atom. The van der Waals surface area contributed by atoms with Crippen LogP contribution >= 0.6 is 11.8 Å². The van der Waals surface area contributed by atoms with Crippen molar-refractivity contribution >= 4 is 39.5 Å². The summed E-state index contributed by atoms with van der Waals surface area (Å²) in [6.07, 6.45) is 1.76. The van der Waals surface area contributed by atoms with Crippen molar-refractivity contribution in [3.05, 3.63) is 54.7 Å². The fraction of sp³-hybridized carbons (Fsp3) is 0.111. The fourth-order valence-corrected chi connectivity index (χ4v) is 3.20. The van der Waals surface area contributed by atoms with Gasteiger partial charge in [0, 0.05) is 11.9 Å². The number of rotatable bonds is 4. The first-order valence-corrected chi connectivity index (χ1v) is 8.55. The molecular weight excluding hydrogens is 318 g/mol. The highest BCUT2D eigenvalue weighted by atomic mass is 32.2. The first kappa shape index (κ1) is 14.8. The van der Waals surface area contributed by atoms with Gasteiger partial charge in [0.1, 0.15) is 10.8 Å². The molecule has 24 heavy (non-hydrogen) atoms. The van der Waals surface area contributed by atoms with Crippen molar-refractivity contribution in [2.45, 2.75) is 17.1 Å². The molecule has 0 aliphatic carbocycles. The van der Waals surface area contributed by atoms with E-state index < -0.39 is 0 Å². The normalized spacial score (nSPS) is 11.0. The first-order chi connectivity index (χ1) is 11.8. The van der Waals surface area contributed by atoms with Crippen LogP contribution in [-0.2, 0) is 0 Å². The third-order valence-corrected chi connectivity index (χ3v) is 4.32. The van der Waals surface area contributed by atoms with Gasteiger partial charge in [0.25, 0.3) is 0 Å². The maximum atomic E-state index is 4.64. The van der Waals surface area contributed by atoms with E-state index in [4.69, 9.17) is 0 Å². The molecule has 0 amide bonds. The zero-order valence-electron chi connectivity index (χ0n) is 13.1. The second-order valence-electron chi connectivity index (χ2n) is 5.20. The van der Waals surface area contributed by atoms with E-state index in [0.29, 0.717) is 5.16 Å². The summed E-state index contributed by atoms with van der Waals surface area (Å²) in [6, 6.07) is 15.8. The lowest BCUT2D eigenvalue weighted by molar-refractivity contribution is 0.984. The minimum atomic E-state index is 0.661. The zero-order chi connectivity index (χ0) is 16.4. The summed E-state index contributed by atoms with van der Waals surface area (Å²) in [5, 5.41) is 5.77. The van der Waals surface area contributed by atoms with Crippen LogP contribution in [0.2, 0.25) is 0 Å². The molecule has 4 aromatic rings. The van der Waals surface area contributed by atoms with Gasteiger partial charge in [-0.2, -0.15) is 0 Å². The van der Waals surface area contributed by atoms with Crippen molar-refractivity contribution in [3.63, 3.8) is 0 Å². The van der Waals surface area contributed by atoms with E-state index in [2.05, 4.69) is 32.2 Å². The molecule has 0 radical (unpaired) electrons. The highest BCUT2D eigenvalue weighted by Gasteiger charge is 2.09. The van der Waals surface area contributed by atoms with E-state index in [0.717, 1.165) is 39.3 Å². The summed E-state index contributed by atoms with van der Waals surface area (Å²) < 4.78 is 0. The van der Waals surface area contributed by atoms with Crippen LogP contribution < -0.4 is 5.32 Å². The van der Waals surface area contributed by atoms with Gasteiger partial charge in [-0.25, -0.2) is 15.0 Å². The molecule has 2 heterocycles. The first-order valence-electron chi connectivity index (χ1n) is 7.74. The smallest absolute Gasteiger partial charge is 0.196 e. The van der Waals surface area contributed by atoms with E-state index in [-0.39, 0.29) is 0 Å². The molecule has 0 unspecified atom stereocenters. The Morgan fingerprint density at radius 1 is 0.875 bits per heavy atom. The number of nitrogens with zero attached hydrogens (tertiary/aromatic N) is 4. The monoisotopic (exact) mass is 333 g/mol. The van der Waals surface area contributed by atoms with Gasteiger partial charge in [-0.05, 0) is 43.0 Å². The fourth-order valence-electron chi connectivity index (χ4n) is 2.49. The van der Waals surface area contributed by atoms with Gasteiger partial charge < -0.3 is 5.32 Å². The summed E-state index contributed by atoms with van der Waals surface area (Å²) >= 11 is 1.42. The Balaban J connectivity index is 1.75. The second kappa shape index (κ2) is 6.41. The Morgan fingerprint density at radius 2 is 1.62 bits per heavy atom. The van der Waals surface area contributed by atoms with Gasteiger partial charge in [-0.3, -0.25) is 4.98 Å². The second-order valence-corrected chi connectivity index (χ2v) is 6.19. The van der Waals surface area contributed by atoms with Crippen LogP contribution in [0, 0.1) is 0 Å². The molecule has 2 aromatic carbocycles. The van der Waals surface area contributed by atoms with Crippen molar-refractivity contribution in [3.8, 4) is 0 Å². The molecule has 0 atom stereocenters. The van der Waals surface area contributed by atoms with Crippen LogP contribution in [-0.4, -0.2) is 26.5 Å². The van der Waals surface area contributed by atoms with Crippen LogP contribution in [0.5, 0.6) is 0 Å². The lowest BCUT2D eigenvalue weighted by atomic mass is 10.2. The van der Waals surface area contributed by atoms with Crippen LogP contribution in [0.25, 0.3) is 21.9 Å². The molecule has 0 saturated carbocycles. The summed E-state index contributed by atoms with van der Waals surface area (Å²) in [7, 11) is 0. The molecule has 0 saturated heterocycles. The van der Waals surface area contributed by atoms with Crippen LogP contribution in [0.1, 0.15) is 6.92 Å². The van der Waals surface area contributed by atoms with E-state index >= 15 is 0 Å². The molecule has 118 valence electrons. The molecular formula is C18H15N5S. The Labute approximate surface area is 143 Å². The van der Waals surface area contributed by atoms with Gasteiger partial charge in [0.2, 0.25) is 0 Å². The summed E-state index contributed by atoms with van der Waals surface area (Å²) in [4.78, 5) is 18.3. The molecule has 0 aliphatic rings. The van der Waals surface area contributed by atoms with Crippen LogP contribution in [0.3, 0.4) is 0 Å². The molecule has 0 spiro atoms. The number of para-hydroxylation sites is 3. The largest absolute Gasteiger partial charge is 0.370 e. The summed E-state index contributed by atoms with van der Waals surface area (Å²) in [5.41, 5.74) is 2.67. The van der Waals surface area contributed by atoms with E-state index in [1.54, 1.807) is 6.20 Å². The number of anilines is 1. The topological polar surface area (TPSA) is 63.6 Å². The number of aromatic nitrogens is 4. The van der Waals surface area contributed by atoms with E-state index in [9.17, 15) is 0 Å². The predicted molar refractivity (Wildman–Crippen MR) is 97.4 cm³/mol. The number of benzene rings is 2. The Bertz CT molecular complexity index is 1020. The van der Waals surface area contributed by atoms with Crippen molar-refractivity contribution in [1.29, 1.82) is 0 Å². The van der Waals surface area contributed by atoms with Crippen molar-refractivity contribution < 1.29 is 0 Å². The van der Waals surface area contributed by atoms with E-state index in [1.807, 2.05) is 48.5 Å². The molecule has 4 rings (SSSR count). The van der Waals surface area contributed by atoms with Crippen molar-refractivity contribution in [2.24, 2.45) is 0 Å². The molecule has 2 aromatic heterocycles. The Kier molecular flexibility index (Phi) is 3.96. The molecule has 5 nitrogen and oxygen atoms in total.